The van der Waals surface area contributed by atoms with Crippen molar-refractivity contribution in [2.24, 2.45) is 17.0 Å². The highest BCUT2D eigenvalue weighted by atomic mass is 16.8. The van der Waals surface area contributed by atoms with Crippen LogP contribution in [0, 0.1) is 23.7 Å². The van der Waals surface area contributed by atoms with E-state index in [9.17, 15) is 4.79 Å². The smallest absolute Gasteiger partial charge is 0.205 e. The van der Waals surface area contributed by atoms with Crippen LogP contribution in [0.5, 0.6) is 0 Å². The summed E-state index contributed by atoms with van der Waals surface area (Å²) in [5.74, 6) is 5.84. The first kappa shape index (κ1) is 38.3. The zero-order chi connectivity index (χ0) is 34.1. The van der Waals surface area contributed by atoms with Gasteiger partial charge in [0.2, 0.25) is 5.78 Å². The Morgan fingerprint density at radius 3 is 2.23 bits per heavy atom. The van der Waals surface area contributed by atoms with Crippen molar-refractivity contribution in [2.75, 3.05) is 0 Å². The van der Waals surface area contributed by atoms with Crippen LogP contribution >= 0.6 is 0 Å². The van der Waals surface area contributed by atoms with Crippen molar-refractivity contribution >= 4 is 5.78 Å². The van der Waals surface area contributed by atoms with Crippen molar-refractivity contribution in [3.63, 3.8) is 0 Å². The van der Waals surface area contributed by atoms with Crippen LogP contribution in [0.2, 0.25) is 0 Å². The molecule has 0 saturated carbocycles. The number of nitrogens with zero attached hydrogens (tertiary/aromatic N) is 3. The fraction of sp³-hybridized carbons (Fsp3) is 0.615. The van der Waals surface area contributed by atoms with Crippen LogP contribution in [0.1, 0.15) is 104 Å². The summed E-state index contributed by atoms with van der Waals surface area (Å²) in [5.41, 5.74) is 11.2. The van der Waals surface area contributed by atoms with Gasteiger partial charge in [0.1, 0.15) is 0 Å². The molecule has 7 atom stereocenters. The molecule has 1 aliphatic rings. The molecule has 8 nitrogen and oxygen atoms in total. The molecule has 1 heterocycles. The maximum atomic E-state index is 12.9. The summed E-state index contributed by atoms with van der Waals surface area (Å²) in [4.78, 5) is 15.9. The minimum atomic E-state index is -0.608. The lowest BCUT2D eigenvalue weighted by Crippen LogP contribution is -2.31. The van der Waals surface area contributed by atoms with Crippen LogP contribution in [0.25, 0.3) is 10.4 Å². The number of carbonyl (C=O) groups is 1. The van der Waals surface area contributed by atoms with E-state index >= 15 is 0 Å². The number of benzene rings is 2. The Kier molecular flexibility index (Phi) is 16.5. The van der Waals surface area contributed by atoms with Gasteiger partial charge in [-0.1, -0.05) is 112 Å². The van der Waals surface area contributed by atoms with Gasteiger partial charge in [-0.3, -0.25) is 4.79 Å². The molecule has 256 valence electrons. The molecule has 0 aromatic heterocycles. The molecule has 2 aromatic rings. The largest absolute Gasteiger partial charge is 0.373 e. The minimum absolute atomic E-state index is 0.0278. The van der Waals surface area contributed by atoms with Gasteiger partial charge in [0.25, 0.3) is 0 Å². The Labute approximate surface area is 282 Å². The molecule has 1 aliphatic heterocycles. The molecule has 0 spiro atoms. The van der Waals surface area contributed by atoms with E-state index in [4.69, 9.17) is 24.5 Å². The van der Waals surface area contributed by atoms with Crippen LogP contribution in [-0.2, 0) is 37.0 Å². The fourth-order valence-corrected chi connectivity index (χ4v) is 6.11. The number of ketones is 1. The number of unbranched alkanes of at least 4 members (excludes halogenated alkanes) is 1. The van der Waals surface area contributed by atoms with Gasteiger partial charge in [-0.15, -0.1) is 0 Å². The molecule has 0 amide bonds. The summed E-state index contributed by atoms with van der Waals surface area (Å²) in [6, 6.07) is 19.6. The zero-order valence-corrected chi connectivity index (χ0v) is 29.3. The molecular weight excluding hydrogens is 590 g/mol. The topological polar surface area (TPSA) is 103 Å². The standard InChI is InChI=1S/C39H55N3O5/c1-7-8-17-30(3)38-37(46-39(5,6)47-38)25-29(2)24-34(43)22-15-16-23-35(44-27-32-18-11-9-12-19-32)26-36(31(4)41-42-40)45-28-33-20-13-10-14-21-33/h9-14,18-21,29-31,35-38H,7-8,16-17,23-28H2,1-6H3/t29-,30+,31-,35+,36-,37-,38+/m0/s1. The quantitative estimate of drug-likeness (QED) is 0.0469. The van der Waals surface area contributed by atoms with Crippen molar-refractivity contribution in [3.05, 3.63) is 82.2 Å². The molecule has 47 heavy (non-hydrogen) atoms. The summed E-state index contributed by atoms with van der Waals surface area (Å²) in [5, 5.41) is 3.94. The Balaban J connectivity index is 1.58. The van der Waals surface area contributed by atoms with E-state index in [2.05, 4.69) is 42.6 Å². The van der Waals surface area contributed by atoms with E-state index in [0.717, 1.165) is 30.4 Å². The van der Waals surface area contributed by atoms with Gasteiger partial charge >= 0.3 is 0 Å². The SMILES string of the molecule is CCCC[C@@H](C)[C@H]1OC(C)(C)O[C@H]1C[C@@H](C)CC(=O)C#CCC[C@H](C[C@H](OCc1ccccc1)[C@H](C)N=[N+]=[N-])OCc1ccccc1. The number of hydrogen-bond acceptors (Lipinski definition) is 6. The molecule has 0 bridgehead atoms. The minimum Gasteiger partial charge on any atom is -0.373 e. The van der Waals surface area contributed by atoms with E-state index in [1.807, 2.05) is 81.4 Å². The van der Waals surface area contributed by atoms with Crippen LogP contribution in [0.3, 0.4) is 0 Å². The molecule has 2 aromatic carbocycles. The average molecular weight is 646 g/mol. The highest BCUT2D eigenvalue weighted by molar-refractivity contribution is 5.95. The van der Waals surface area contributed by atoms with E-state index in [1.165, 1.54) is 6.42 Å². The van der Waals surface area contributed by atoms with E-state index < -0.39 is 5.79 Å². The molecule has 0 radical (unpaired) electrons. The lowest BCUT2D eigenvalue weighted by Gasteiger charge is -2.26. The van der Waals surface area contributed by atoms with Crippen molar-refractivity contribution in [3.8, 4) is 11.8 Å². The van der Waals surface area contributed by atoms with E-state index in [1.54, 1.807) is 0 Å². The van der Waals surface area contributed by atoms with Crippen LogP contribution in [0.15, 0.2) is 65.8 Å². The summed E-state index contributed by atoms with van der Waals surface area (Å²) >= 11 is 0. The van der Waals surface area contributed by atoms with Crippen molar-refractivity contribution in [1.82, 2.24) is 0 Å². The van der Waals surface area contributed by atoms with Gasteiger partial charge in [0, 0.05) is 24.2 Å². The van der Waals surface area contributed by atoms with Crippen LogP contribution < -0.4 is 0 Å². The Bertz CT molecular complexity index is 1300. The molecule has 0 N–H and O–H groups in total. The number of ether oxygens (including phenoxy) is 4. The first-order valence-electron chi connectivity index (χ1n) is 17.3. The van der Waals surface area contributed by atoms with Crippen LogP contribution in [-0.4, -0.2) is 42.0 Å². The van der Waals surface area contributed by atoms with Crippen molar-refractivity contribution in [1.29, 1.82) is 0 Å². The third kappa shape index (κ3) is 14.2. The second-order valence-electron chi connectivity index (χ2n) is 13.5. The lowest BCUT2D eigenvalue weighted by atomic mass is 9.88. The first-order chi connectivity index (χ1) is 22.6. The normalized spacial score (nSPS) is 20.2. The Morgan fingerprint density at radius 2 is 1.62 bits per heavy atom. The summed E-state index contributed by atoms with van der Waals surface area (Å²) in [6.45, 7) is 13.2. The van der Waals surface area contributed by atoms with Crippen molar-refractivity contribution < 1.29 is 23.7 Å². The van der Waals surface area contributed by atoms with Gasteiger partial charge in [0.05, 0.1) is 43.7 Å². The third-order valence-electron chi connectivity index (χ3n) is 8.69. The third-order valence-corrected chi connectivity index (χ3v) is 8.69. The van der Waals surface area contributed by atoms with Gasteiger partial charge in [-0.25, -0.2) is 0 Å². The molecule has 0 aliphatic carbocycles. The highest BCUT2D eigenvalue weighted by Crippen LogP contribution is 2.37. The van der Waals surface area contributed by atoms with Crippen LogP contribution in [0.4, 0.5) is 0 Å². The number of Topliss-reactive ketones (excluding diaryl/α,β-unsaturated/α-hetero) is 1. The predicted molar refractivity (Wildman–Crippen MR) is 186 cm³/mol. The average Bonchev–Trinajstić information content (AvgIpc) is 3.36. The molecule has 1 saturated heterocycles. The van der Waals surface area contributed by atoms with Gasteiger partial charge in [-0.05, 0) is 67.5 Å². The lowest BCUT2D eigenvalue weighted by molar-refractivity contribution is -0.151. The highest BCUT2D eigenvalue weighted by Gasteiger charge is 2.43. The molecule has 8 heteroatoms. The number of rotatable bonds is 20. The summed E-state index contributed by atoms with van der Waals surface area (Å²) in [7, 11) is 0. The molecule has 0 unspecified atom stereocenters. The van der Waals surface area contributed by atoms with E-state index in [-0.39, 0.29) is 42.2 Å². The van der Waals surface area contributed by atoms with Gasteiger partial charge in [0.15, 0.2) is 5.79 Å². The number of carbonyl (C=O) groups excluding carboxylic acids is 1. The van der Waals surface area contributed by atoms with E-state index in [0.29, 0.717) is 44.8 Å². The summed E-state index contributed by atoms with van der Waals surface area (Å²) < 4.78 is 25.2. The maximum absolute atomic E-state index is 12.9. The zero-order valence-electron chi connectivity index (χ0n) is 29.3. The maximum Gasteiger partial charge on any atom is 0.205 e. The Hall–Kier alpha value is -3.18. The molecular formula is C39H55N3O5. The Morgan fingerprint density at radius 1 is 0.979 bits per heavy atom. The monoisotopic (exact) mass is 645 g/mol. The number of azide groups is 1. The fourth-order valence-electron chi connectivity index (χ4n) is 6.11. The van der Waals surface area contributed by atoms with Gasteiger partial charge < -0.3 is 18.9 Å². The summed E-state index contributed by atoms with van der Waals surface area (Å²) in [6.07, 6.45) is 5.71. The second kappa shape index (κ2) is 20.2. The van der Waals surface area contributed by atoms with Crippen molar-refractivity contribution in [2.45, 2.75) is 142 Å². The predicted octanol–water partition coefficient (Wildman–Crippen LogP) is 9.36. The van der Waals surface area contributed by atoms with Gasteiger partial charge in [-0.2, -0.15) is 0 Å². The first-order valence-corrected chi connectivity index (χ1v) is 17.3. The molecule has 1 fully saturated rings. The number of hydrogen-bond donors (Lipinski definition) is 0. The molecule has 3 rings (SSSR count). The second-order valence-corrected chi connectivity index (χ2v) is 13.5.